The van der Waals surface area contributed by atoms with E-state index in [-0.39, 0.29) is 34.3 Å². The van der Waals surface area contributed by atoms with E-state index in [1.807, 2.05) is 6.08 Å². The molecule has 2 aliphatic rings. The van der Waals surface area contributed by atoms with Gasteiger partial charge in [0.15, 0.2) is 0 Å². The Hall–Kier alpha value is -2.89. The van der Waals surface area contributed by atoms with Crippen LogP contribution in [0.15, 0.2) is 48.6 Å². The van der Waals surface area contributed by atoms with Crippen LogP contribution in [-0.4, -0.2) is 12.0 Å². The number of nitro groups is 1. The van der Waals surface area contributed by atoms with Gasteiger partial charge in [0.1, 0.15) is 11.6 Å². The molecule has 6 heteroatoms. The summed E-state index contributed by atoms with van der Waals surface area (Å²) in [7, 11) is 1.55. The number of benzene rings is 2. The first-order valence-corrected chi connectivity index (χ1v) is 8.14. The third-order valence-corrected chi connectivity index (χ3v) is 5.10. The Bertz CT molecular complexity index is 864. The number of allylic oxidation sites excluding steroid dienone is 2. The molecule has 4 rings (SSSR count). The molecule has 0 saturated heterocycles. The second-order valence-electron chi connectivity index (χ2n) is 6.36. The molecule has 25 heavy (non-hydrogen) atoms. The quantitative estimate of drug-likeness (QED) is 0.505. The Morgan fingerprint density at radius 2 is 2.00 bits per heavy atom. The zero-order chi connectivity index (χ0) is 17.6. The average Bonchev–Trinajstić information content (AvgIpc) is 3.10. The van der Waals surface area contributed by atoms with Crippen molar-refractivity contribution >= 4 is 11.4 Å². The first kappa shape index (κ1) is 15.6. The second-order valence-corrected chi connectivity index (χ2v) is 6.36. The summed E-state index contributed by atoms with van der Waals surface area (Å²) in [5.74, 6) is 0.367. The van der Waals surface area contributed by atoms with Crippen molar-refractivity contribution in [3.05, 3.63) is 75.6 Å². The average molecular weight is 340 g/mol. The van der Waals surface area contributed by atoms with E-state index in [1.54, 1.807) is 25.3 Å². The largest absolute Gasteiger partial charge is 0.495 e. The topological polar surface area (TPSA) is 64.4 Å². The third kappa shape index (κ3) is 2.45. The summed E-state index contributed by atoms with van der Waals surface area (Å²) < 4.78 is 18.7. The number of ether oxygens (including phenoxy) is 1. The van der Waals surface area contributed by atoms with Crippen molar-refractivity contribution in [2.75, 3.05) is 12.4 Å². The van der Waals surface area contributed by atoms with Gasteiger partial charge in [-0.05, 0) is 36.1 Å². The van der Waals surface area contributed by atoms with Gasteiger partial charge in [0.2, 0.25) is 0 Å². The minimum atomic E-state index is -0.346. The van der Waals surface area contributed by atoms with Crippen LogP contribution < -0.4 is 10.1 Å². The van der Waals surface area contributed by atoms with Crippen molar-refractivity contribution in [3.63, 3.8) is 0 Å². The number of nitro benzene ring substituents is 1. The molecule has 2 aromatic carbocycles. The van der Waals surface area contributed by atoms with E-state index in [1.165, 1.54) is 18.2 Å². The number of hydrogen-bond acceptors (Lipinski definition) is 4. The second kappa shape index (κ2) is 5.88. The first-order chi connectivity index (χ1) is 12.1. The molecule has 0 spiro atoms. The Labute approximate surface area is 144 Å². The lowest BCUT2D eigenvalue weighted by Gasteiger charge is -2.37. The molecule has 0 aromatic heterocycles. The van der Waals surface area contributed by atoms with Gasteiger partial charge in [-0.25, -0.2) is 4.39 Å². The molecule has 1 N–H and O–H groups in total. The predicted octanol–water partition coefficient (Wildman–Crippen LogP) is 4.57. The predicted molar refractivity (Wildman–Crippen MR) is 92.4 cm³/mol. The lowest BCUT2D eigenvalue weighted by molar-refractivity contribution is -0.385. The van der Waals surface area contributed by atoms with Crippen molar-refractivity contribution in [3.8, 4) is 5.75 Å². The molecule has 0 fully saturated rings. The number of hydrogen-bond donors (Lipinski definition) is 1. The highest BCUT2D eigenvalue weighted by molar-refractivity contribution is 5.73. The summed E-state index contributed by atoms with van der Waals surface area (Å²) >= 11 is 0. The van der Waals surface area contributed by atoms with Gasteiger partial charge >= 0.3 is 0 Å². The van der Waals surface area contributed by atoms with Crippen LogP contribution in [-0.2, 0) is 0 Å². The fourth-order valence-electron chi connectivity index (χ4n) is 3.99. The molecule has 1 aliphatic carbocycles. The smallest absolute Gasteiger partial charge is 0.275 e. The molecule has 1 aliphatic heterocycles. The van der Waals surface area contributed by atoms with E-state index in [0.29, 0.717) is 17.0 Å². The van der Waals surface area contributed by atoms with Crippen LogP contribution in [0.4, 0.5) is 15.8 Å². The maximum Gasteiger partial charge on any atom is 0.275 e. The highest BCUT2D eigenvalue weighted by Crippen LogP contribution is 2.54. The number of rotatable bonds is 3. The maximum atomic E-state index is 13.3. The minimum Gasteiger partial charge on any atom is -0.495 e. The fourth-order valence-corrected chi connectivity index (χ4v) is 3.99. The highest BCUT2D eigenvalue weighted by Gasteiger charge is 2.42. The molecule has 3 atom stereocenters. The number of halogens is 1. The van der Waals surface area contributed by atoms with Crippen molar-refractivity contribution in [1.82, 2.24) is 0 Å². The van der Waals surface area contributed by atoms with Gasteiger partial charge in [-0.1, -0.05) is 24.3 Å². The minimum absolute atomic E-state index is 0.0657. The maximum absolute atomic E-state index is 13.3. The molecule has 0 bridgehead atoms. The first-order valence-electron chi connectivity index (χ1n) is 8.14. The van der Waals surface area contributed by atoms with E-state index < -0.39 is 0 Å². The molecule has 5 nitrogen and oxygen atoms in total. The van der Waals surface area contributed by atoms with Crippen molar-refractivity contribution in [2.45, 2.75) is 18.4 Å². The molecule has 2 aromatic rings. The summed E-state index contributed by atoms with van der Waals surface area (Å²) in [6.45, 7) is 0. The Morgan fingerprint density at radius 1 is 1.24 bits per heavy atom. The van der Waals surface area contributed by atoms with Crippen LogP contribution >= 0.6 is 0 Å². The summed E-state index contributed by atoms with van der Waals surface area (Å²) in [6, 6.07) is 9.45. The molecular formula is C19H17FN2O3. The van der Waals surface area contributed by atoms with E-state index in [0.717, 1.165) is 12.0 Å². The van der Waals surface area contributed by atoms with Crippen LogP contribution in [0, 0.1) is 21.8 Å². The van der Waals surface area contributed by atoms with E-state index in [4.69, 9.17) is 4.74 Å². The van der Waals surface area contributed by atoms with Crippen molar-refractivity contribution in [2.24, 2.45) is 5.92 Å². The molecular weight excluding hydrogens is 323 g/mol. The summed E-state index contributed by atoms with van der Waals surface area (Å²) in [5.41, 5.74) is 2.38. The van der Waals surface area contributed by atoms with Crippen LogP contribution in [0.5, 0.6) is 5.75 Å². The summed E-state index contributed by atoms with van der Waals surface area (Å²) in [5, 5.41) is 14.9. The van der Waals surface area contributed by atoms with Gasteiger partial charge in [0.25, 0.3) is 5.69 Å². The van der Waals surface area contributed by atoms with Crippen LogP contribution in [0.25, 0.3) is 0 Å². The third-order valence-electron chi connectivity index (χ3n) is 5.10. The molecule has 0 saturated carbocycles. The van der Waals surface area contributed by atoms with Crippen LogP contribution in [0.2, 0.25) is 0 Å². The number of methoxy groups -OCH3 is 1. The zero-order valence-electron chi connectivity index (χ0n) is 13.6. The fraction of sp³-hybridized carbons (Fsp3) is 0.263. The number of anilines is 1. The molecule has 0 amide bonds. The molecule has 0 radical (unpaired) electrons. The standard InChI is InChI=1S/C19H17FN2O3/c1-25-16-10-9-15(22(23)24)17-13-3-2-4-14(13)18(21-19(16)17)11-5-7-12(20)8-6-11/h2-3,5-10,13-14,18,21H,4H2,1H3/t13-,14-,18+/m0/s1. The van der Waals surface area contributed by atoms with Crippen molar-refractivity contribution < 1.29 is 14.1 Å². The Morgan fingerprint density at radius 3 is 2.68 bits per heavy atom. The number of nitrogens with one attached hydrogen (secondary N) is 1. The zero-order valence-corrected chi connectivity index (χ0v) is 13.6. The number of nitrogens with zero attached hydrogens (tertiary/aromatic N) is 1. The Balaban J connectivity index is 1.87. The van der Waals surface area contributed by atoms with Crippen LogP contribution in [0.3, 0.4) is 0 Å². The monoisotopic (exact) mass is 340 g/mol. The molecule has 1 heterocycles. The summed E-state index contributed by atoms with van der Waals surface area (Å²) in [4.78, 5) is 11.2. The summed E-state index contributed by atoms with van der Waals surface area (Å²) in [6.07, 6.45) is 4.91. The van der Waals surface area contributed by atoms with E-state index in [2.05, 4.69) is 11.4 Å². The SMILES string of the molecule is COc1ccc([N+](=O)[O-])c2c1N[C@H](c1ccc(F)cc1)[C@H]1CC=C[C@H]21. The van der Waals surface area contributed by atoms with Gasteiger partial charge in [-0.2, -0.15) is 0 Å². The van der Waals surface area contributed by atoms with Gasteiger partial charge in [0, 0.05) is 12.0 Å². The van der Waals surface area contributed by atoms with E-state index >= 15 is 0 Å². The molecule has 0 unspecified atom stereocenters. The lowest BCUT2D eigenvalue weighted by Crippen LogP contribution is -2.30. The lowest BCUT2D eigenvalue weighted by atomic mass is 9.76. The highest BCUT2D eigenvalue weighted by atomic mass is 19.1. The van der Waals surface area contributed by atoms with E-state index in [9.17, 15) is 14.5 Å². The number of fused-ring (bicyclic) bond motifs is 3. The molecule has 128 valence electrons. The Kier molecular flexibility index (Phi) is 3.67. The van der Waals surface area contributed by atoms with Gasteiger partial charge in [-0.15, -0.1) is 0 Å². The van der Waals surface area contributed by atoms with Crippen LogP contribution in [0.1, 0.15) is 29.5 Å². The van der Waals surface area contributed by atoms with Gasteiger partial charge < -0.3 is 10.1 Å². The van der Waals surface area contributed by atoms with Gasteiger partial charge in [0.05, 0.1) is 29.3 Å². The van der Waals surface area contributed by atoms with Gasteiger partial charge in [-0.3, -0.25) is 10.1 Å². The van der Waals surface area contributed by atoms with Crippen molar-refractivity contribution in [1.29, 1.82) is 0 Å². The normalized spacial score (nSPS) is 23.5.